The first-order valence-corrected chi connectivity index (χ1v) is 20.9. The molecule has 0 aliphatic heterocycles. The van der Waals surface area contributed by atoms with Crippen LogP contribution in [0.2, 0.25) is 0 Å². The molecule has 0 nitrogen and oxygen atoms in total. The highest BCUT2D eigenvalue weighted by Gasteiger charge is 2.19. The Labute approximate surface area is 347 Å². The molecule has 13 rings (SSSR count). The number of hydrogen-bond acceptors (Lipinski definition) is 0. The second-order valence-electron chi connectivity index (χ2n) is 16.3. The quantitative estimate of drug-likeness (QED) is 0.124. The van der Waals surface area contributed by atoms with Crippen molar-refractivity contribution in [1.82, 2.24) is 0 Å². The molecule has 0 spiro atoms. The predicted molar refractivity (Wildman–Crippen MR) is 260 cm³/mol. The zero-order valence-electron chi connectivity index (χ0n) is 32.8. The second-order valence-corrected chi connectivity index (χ2v) is 16.3. The van der Waals surface area contributed by atoms with Crippen molar-refractivity contribution in [2.24, 2.45) is 0 Å². The fraction of sp³-hybridized carbons (Fsp3) is 0. The van der Waals surface area contributed by atoms with Gasteiger partial charge in [0.1, 0.15) is 0 Å². The van der Waals surface area contributed by atoms with Crippen molar-refractivity contribution in [2.45, 2.75) is 0 Å². The summed E-state index contributed by atoms with van der Waals surface area (Å²) in [5, 5.41) is 23.1. The summed E-state index contributed by atoms with van der Waals surface area (Å²) in [6.07, 6.45) is 0. The van der Waals surface area contributed by atoms with E-state index in [1.807, 2.05) is 0 Å². The SMILES string of the molecule is c1ccc2c(-c3ccc4c5ccccc5c5ccccc5c4c3)c3ccccc3c(-c3ccc4ccc(-c5ccc6c7ccccc7c7ccccc7c6c5)cc4c3)c2c1. The molecule has 0 fully saturated rings. The molecule has 0 radical (unpaired) electrons. The molecule has 60 heavy (non-hydrogen) atoms. The highest BCUT2D eigenvalue weighted by Crippen LogP contribution is 2.46. The lowest BCUT2D eigenvalue weighted by Crippen LogP contribution is -1.91. The normalized spacial score (nSPS) is 12.0. The lowest BCUT2D eigenvalue weighted by Gasteiger charge is -2.19. The monoisotopic (exact) mass is 756 g/mol. The molecule has 0 heterocycles. The first-order chi connectivity index (χ1) is 29.8. The third-order valence-corrected chi connectivity index (χ3v) is 13.2. The van der Waals surface area contributed by atoms with Gasteiger partial charge in [-0.05, 0) is 155 Å². The lowest BCUT2D eigenvalue weighted by atomic mass is 9.84. The molecule has 13 aromatic carbocycles. The summed E-state index contributed by atoms with van der Waals surface area (Å²) in [7, 11) is 0. The van der Waals surface area contributed by atoms with Gasteiger partial charge in [0.05, 0.1) is 0 Å². The summed E-state index contributed by atoms with van der Waals surface area (Å²) in [5.41, 5.74) is 7.47. The third kappa shape index (κ3) is 4.86. The first-order valence-electron chi connectivity index (χ1n) is 20.9. The Bertz CT molecular complexity index is 3820. The number of hydrogen-bond donors (Lipinski definition) is 0. The fourth-order valence-electron chi connectivity index (χ4n) is 10.5. The van der Waals surface area contributed by atoms with Crippen LogP contribution in [0.25, 0.3) is 130 Å². The molecular formula is C60H36. The van der Waals surface area contributed by atoms with Crippen molar-refractivity contribution in [3.05, 3.63) is 218 Å². The summed E-state index contributed by atoms with van der Waals surface area (Å²) in [6.45, 7) is 0. The molecule has 0 bridgehead atoms. The van der Waals surface area contributed by atoms with Gasteiger partial charge in [-0.15, -0.1) is 0 Å². The van der Waals surface area contributed by atoms with Crippen molar-refractivity contribution >= 4 is 97.0 Å². The minimum Gasteiger partial charge on any atom is -0.0616 e. The first kappa shape index (κ1) is 33.2. The molecule has 0 atom stereocenters. The van der Waals surface area contributed by atoms with Gasteiger partial charge in [-0.1, -0.05) is 194 Å². The van der Waals surface area contributed by atoms with Gasteiger partial charge in [0.15, 0.2) is 0 Å². The Kier molecular flexibility index (Phi) is 7.11. The molecule has 0 aliphatic rings. The topological polar surface area (TPSA) is 0 Å². The zero-order chi connectivity index (χ0) is 39.3. The van der Waals surface area contributed by atoms with Crippen LogP contribution in [-0.4, -0.2) is 0 Å². The molecule has 0 aliphatic carbocycles. The Balaban J connectivity index is 1.00. The second kappa shape index (κ2) is 12.9. The highest BCUT2D eigenvalue weighted by atomic mass is 14.2. The minimum atomic E-state index is 1.22. The Morgan fingerprint density at radius 3 is 0.817 bits per heavy atom. The number of benzene rings is 13. The number of rotatable bonds is 3. The van der Waals surface area contributed by atoms with Crippen molar-refractivity contribution in [3.8, 4) is 33.4 Å². The van der Waals surface area contributed by atoms with Crippen LogP contribution in [-0.2, 0) is 0 Å². The summed E-state index contributed by atoms with van der Waals surface area (Å²) in [4.78, 5) is 0. The van der Waals surface area contributed by atoms with Gasteiger partial charge in [0.25, 0.3) is 0 Å². The van der Waals surface area contributed by atoms with Crippen LogP contribution in [0.15, 0.2) is 218 Å². The molecule has 13 aromatic rings. The Hall–Kier alpha value is -7.80. The van der Waals surface area contributed by atoms with Crippen LogP contribution in [0.3, 0.4) is 0 Å². The van der Waals surface area contributed by atoms with Gasteiger partial charge in [0, 0.05) is 0 Å². The largest absolute Gasteiger partial charge is 0.0616 e. The fourth-order valence-corrected chi connectivity index (χ4v) is 10.5. The van der Waals surface area contributed by atoms with Gasteiger partial charge < -0.3 is 0 Å². The standard InChI is InChI=1S/C60H36/c1-3-17-47-43(13-1)45-15-5-7-19-49(45)57-35-39(29-31-51(47)57)38-27-25-37-26-28-40(34-42(37)33-38)59-53-21-9-11-23-55(53)60(56-24-12-10-22-54(56)59)41-30-32-52-48-18-4-2-14-44(48)46-16-6-8-20-50(46)58(52)36-41/h1-36H. The summed E-state index contributed by atoms with van der Waals surface area (Å²) in [6, 6.07) is 81.4. The van der Waals surface area contributed by atoms with E-state index in [1.165, 1.54) is 130 Å². The van der Waals surface area contributed by atoms with E-state index in [4.69, 9.17) is 0 Å². The van der Waals surface area contributed by atoms with Crippen LogP contribution in [0.5, 0.6) is 0 Å². The number of fused-ring (bicyclic) bond motifs is 15. The average Bonchev–Trinajstić information content (AvgIpc) is 3.32. The molecule has 0 aromatic heterocycles. The van der Waals surface area contributed by atoms with Crippen LogP contribution in [0.1, 0.15) is 0 Å². The van der Waals surface area contributed by atoms with Crippen molar-refractivity contribution < 1.29 is 0 Å². The average molecular weight is 757 g/mol. The zero-order valence-corrected chi connectivity index (χ0v) is 32.8. The van der Waals surface area contributed by atoms with E-state index in [0.717, 1.165) is 0 Å². The van der Waals surface area contributed by atoms with E-state index in [9.17, 15) is 0 Å². The third-order valence-electron chi connectivity index (χ3n) is 13.2. The van der Waals surface area contributed by atoms with E-state index in [0.29, 0.717) is 0 Å². The van der Waals surface area contributed by atoms with Crippen LogP contribution in [0, 0.1) is 0 Å². The van der Waals surface area contributed by atoms with Crippen LogP contribution < -0.4 is 0 Å². The van der Waals surface area contributed by atoms with E-state index in [-0.39, 0.29) is 0 Å². The lowest BCUT2D eigenvalue weighted by molar-refractivity contribution is 1.67. The van der Waals surface area contributed by atoms with E-state index < -0.39 is 0 Å². The molecule has 0 heteroatoms. The van der Waals surface area contributed by atoms with E-state index >= 15 is 0 Å². The summed E-state index contributed by atoms with van der Waals surface area (Å²) in [5.74, 6) is 0. The molecule has 276 valence electrons. The Morgan fingerprint density at radius 2 is 0.400 bits per heavy atom. The molecule has 0 saturated carbocycles. The van der Waals surface area contributed by atoms with Gasteiger partial charge in [-0.25, -0.2) is 0 Å². The van der Waals surface area contributed by atoms with Crippen molar-refractivity contribution in [1.29, 1.82) is 0 Å². The molecule has 0 amide bonds. The summed E-state index contributed by atoms with van der Waals surface area (Å²) >= 11 is 0. The van der Waals surface area contributed by atoms with Crippen molar-refractivity contribution in [3.63, 3.8) is 0 Å². The van der Waals surface area contributed by atoms with Gasteiger partial charge in [-0.3, -0.25) is 0 Å². The van der Waals surface area contributed by atoms with Gasteiger partial charge in [-0.2, -0.15) is 0 Å². The smallest absolute Gasteiger partial charge is 0.00261 e. The molecule has 0 unspecified atom stereocenters. The summed E-state index contributed by atoms with van der Waals surface area (Å²) < 4.78 is 0. The van der Waals surface area contributed by atoms with E-state index in [2.05, 4.69) is 218 Å². The molecule has 0 N–H and O–H groups in total. The predicted octanol–water partition coefficient (Wildman–Crippen LogP) is 17.1. The minimum absolute atomic E-state index is 1.22. The maximum absolute atomic E-state index is 2.44. The van der Waals surface area contributed by atoms with Crippen LogP contribution in [0.4, 0.5) is 0 Å². The van der Waals surface area contributed by atoms with Gasteiger partial charge >= 0.3 is 0 Å². The maximum Gasteiger partial charge on any atom is -0.00261 e. The Morgan fingerprint density at radius 1 is 0.150 bits per heavy atom. The van der Waals surface area contributed by atoms with E-state index in [1.54, 1.807) is 0 Å². The highest BCUT2D eigenvalue weighted by molar-refractivity contribution is 6.28. The van der Waals surface area contributed by atoms with Crippen molar-refractivity contribution in [2.75, 3.05) is 0 Å². The molecule has 0 saturated heterocycles. The molecular weight excluding hydrogens is 721 g/mol. The van der Waals surface area contributed by atoms with Gasteiger partial charge in [0.2, 0.25) is 0 Å². The maximum atomic E-state index is 2.44. The van der Waals surface area contributed by atoms with Crippen LogP contribution >= 0.6 is 0 Å².